The molecular formula is C25H22Br2N2. The molecule has 1 N–H and O–H groups in total. The van der Waals surface area contributed by atoms with Gasteiger partial charge in [-0.2, -0.15) is 0 Å². The first-order chi connectivity index (χ1) is 14.2. The van der Waals surface area contributed by atoms with E-state index in [1.165, 1.54) is 22.4 Å². The van der Waals surface area contributed by atoms with Crippen LogP contribution in [0, 0.1) is 0 Å². The summed E-state index contributed by atoms with van der Waals surface area (Å²) in [6.07, 6.45) is 3.47. The van der Waals surface area contributed by atoms with Gasteiger partial charge in [-0.1, -0.05) is 92.5 Å². The quantitative estimate of drug-likeness (QED) is 0.433. The van der Waals surface area contributed by atoms with E-state index in [-0.39, 0.29) is 5.66 Å². The maximum Gasteiger partial charge on any atom is 0.118 e. The average Bonchev–Trinajstić information content (AvgIpc) is 3.20. The third kappa shape index (κ3) is 3.48. The van der Waals surface area contributed by atoms with Gasteiger partial charge in [0, 0.05) is 33.6 Å². The minimum atomic E-state index is -0.196. The van der Waals surface area contributed by atoms with E-state index < -0.39 is 0 Å². The van der Waals surface area contributed by atoms with E-state index in [2.05, 4.69) is 127 Å². The van der Waals surface area contributed by atoms with E-state index in [4.69, 9.17) is 0 Å². The van der Waals surface area contributed by atoms with Crippen molar-refractivity contribution in [2.75, 3.05) is 13.1 Å². The van der Waals surface area contributed by atoms with Gasteiger partial charge in [0.1, 0.15) is 5.66 Å². The molecule has 2 atom stereocenters. The standard InChI is InChI=1S/C25H22Br2N2/c26-22-10-6-19(7-11-22)24-16-20(18-4-2-1-3-5-18)17-25(28-14-15-29(24)25)21-8-12-23(27)13-9-21/h1-13,16,20,28H,14-15,17H2/t20-,25-/m0/s1. The van der Waals surface area contributed by atoms with E-state index in [1.807, 2.05) is 0 Å². The minimum Gasteiger partial charge on any atom is -0.348 e. The molecule has 0 aromatic heterocycles. The molecule has 3 aromatic rings. The molecule has 0 aliphatic carbocycles. The molecule has 1 fully saturated rings. The molecule has 2 nitrogen and oxygen atoms in total. The Morgan fingerprint density at radius 2 is 1.48 bits per heavy atom. The second-order valence-electron chi connectivity index (χ2n) is 7.73. The Bertz CT molecular complexity index is 1030. The van der Waals surface area contributed by atoms with Crippen LogP contribution in [-0.4, -0.2) is 18.0 Å². The van der Waals surface area contributed by atoms with Crippen LogP contribution >= 0.6 is 31.9 Å². The molecule has 0 saturated carbocycles. The van der Waals surface area contributed by atoms with Gasteiger partial charge >= 0.3 is 0 Å². The number of nitrogens with zero attached hydrogens (tertiary/aromatic N) is 1. The van der Waals surface area contributed by atoms with Crippen molar-refractivity contribution in [1.82, 2.24) is 10.2 Å². The predicted octanol–water partition coefficient (Wildman–Crippen LogP) is 6.50. The maximum absolute atomic E-state index is 3.88. The summed E-state index contributed by atoms with van der Waals surface area (Å²) in [5.41, 5.74) is 5.07. The lowest BCUT2D eigenvalue weighted by Gasteiger charge is -2.47. The van der Waals surface area contributed by atoms with Crippen LogP contribution in [0.4, 0.5) is 0 Å². The molecule has 2 aliphatic heterocycles. The van der Waals surface area contributed by atoms with Crippen LogP contribution in [0.3, 0.4) is 0 Å². The Balaban J connectivity index is 1.67. The first kappa shape index (κ1) is 19.1. The molecule has 2 aliphatic rings. The number of hydrogen-bond acceptors (Lipinski definition) is 2. The second-order valence-corrected chi connectivity index (χ2v) is 9.56. The predicted molar refractivity (Wildman–Crippen MR) is 126 cm³/mol. The lowest BCUT2D eigenvalue weighted by atomic mass is 9.79. The van der Waals surface area contributed by atoms with Crippen molar-refractivity contribution in [3.05, 3.63) is 111 Å². The molecule has 2 heterocycles. The van der Waals surface area contributed by atoms with Gasteiger partial charge in [-0.05, 0) is 47.4 Å². The highest BCUT2D eigenvalue weighted by atomic mass is 79.9. The molecule has 4 heteroatoms. The van der Waals surface area contributed by atoms with Crippen molar-refractivity contribution in [2.24, 2.45) is 0 Å². The first-order valence-electron chi connectivity index (χ1n) is 9.97. The third-order valence-electron chi connectivity index (χ3n) is 6.07. The summed E-state index contributed by atoms with van der Waals surface area (Å²) in [6, 6.07) is 28.4. The molecule has 1 saturated heterocycles. The smallest absolute Gasteiger partial charge is 0.118 e. The van der Waals surface area contributed by atoms with Gasteiger partial charge in [0.2, 0.25) is 0 Å². The molecule has 0 radical (unpaired) electrons. The molecule has 146 valence electrons. The fourth-order valence-corrected chi connectivity index (χ4v) is 5.24. The summed E-state index contributed by atoms with van der Waals surface area (Å²) >= 11 is 7.17. The highest BCUT2D eigenvalue weighted by Gasteiger charge is 2.47. The van der Waals surface area contributed by atoms with Crippen molar-refractivity contribution in [3.63, 3.8) is 0 Å². The van der Waals surface area contributed by atoms with Gasteiger partial charge in [-0.25, -0.2) is 0 Å². The van der Waals surface area contributed by atoms with Gasteiger partial charge in [0.05, 0.1) is 0 Å². The summed E-state index contributed by atoms with van der Waals surface area (Å²) in [6.45, 7) is 1.98. The third-order valence-corrected chi connectivity index (χ3v) is 7.13. The summed E-state index contributed by atoms with van der Waals surface area (Å²) in [5.74, 6) is 0.348. The van der Waals surface area contributed by atoms with E-state index in [9.17, 15) is 0 Å². The van der Waals surface area contributed by atoms with Crippen LogP contribution in [0.25, 0.3) is 5.70 Å². The maximum atomic E-state index is 3.88. The Kier molecular flexibility index (Phi) is 5.10. The summed E-state index contributed by atoms with van der Waals surface area (Å²) in [4.78, 5) is 2.57. The number of benzene rings is 3. The first-order valence-corrected chi connectivity index (χ1v) is 11.6. The molecular weight excluding hydrogens is 488 g/mol. The summed E-state index contributed by atoms with van der Waals surface area (Å²) in [5, 5.41) is 3.88. The highest BCUT2D eigenvalue weighted by Crippen LogP contribution is 2.48. The van der Waals surface area contributed by atoms with Crippen molar-refractivity contribution >= 4 is 37.6 Å². The zero-order valence-electron chi connectivity index (χ0n) is 16.0. The zero-order chi connectivity index (χ0) is 19.8. The van der Waals surface area contributed by atoms with Crippen LogP contribution in [0.1, 0.15) is 29.0 Å². The fourth-order valence-electron chi connectivity index (χ4n) is 4.72. The van der Waals surface area contributed by atoms with Gasteiger partial charge in [-0.15, -0.1) is 0 Å². The largest absolute Gasteiger partial charge is 0.348 e. The topological polar surface area (TPSA) is 15.3 Å². The van der Waals surface area contributed by atoms with Crippen LogP contribution in [0.2, 0.25) is 0 Å². The van der Waals surface area contributed by atoms with Crippen molar-refractivity contribution in [2.45, 2.75) is 18.0 Å². The van der Waals surface area contributed by atoms with Crippen LogP contribution < -0.4 is 5.32 Å². The number of nitrogens with one attached hydrogen (secondary N) is 1. The number of rotatable bonds is 3. The molecule has 5 rings (SSSR count). The average molecular weight is 510 g/mol. The van der Waals surface area contributed by atoms with Gasteiger partial charge in [-0.3, -0.25) is 5.32 Å². The lowest BCUT2D eigenvalue weighted by Crippen LogP contribution is -2.50. The zero-order valence-corrected chi connectivity index (χ0v) is 19.2. The Labute approximate surface area is 188 Å². The monoisotopic (exact) mass is 508 g/mol. The van der Waals surface area contributed by atoms with Crippen molar-refractivity contribution < 1.29 is 0 Å². The number of hydrogen-bond donors (Lipinski definition) is 1. The van der Waals surface area contributed by atoms with Crippen LogP contribution in [0.5, 0.6) is 0 Å². The number of fused-ring (bicyclic) bond motifs is 1. The van der Waals surface area contributed by atoms with Crippen molar-refractivity contribution in [1.29, 1.82) is 0 Å². The number of allylic oxidation sites excluding steroid dienone is 1. The van der Waals surface area contributed by atoms with Crippen molar-refractivity contribution in [3.8, 4) is 0 Å². The van der Waals surface area contributed by atoms with E-state index >= 15 is 0 Å². The van der Waals surface area contributed by atoms with E-state index in [0.29, 0.717) is 5.92 Å². The highest BCUT2D eigenvalue weighted by molar-refractivity contribution is 9.10. The Morgan fingerprint density at radius 3 is 2.17 bits per heavy atom. The summed E-state index contributed by atoms with van der Waals surface area (Å²) in [7, 11) is 0. The molecule has 0 spiro atoms. The molecule has 0 unspecified atom stereocenters. The summed E-state index contributed by atoms with van der Waals surface area (Å²) < 4.78 is 2.22. The lowest BCUT2D eigenvalue weighted by molar-refractivity contribution is 0.156. The van der Waals surface area contributed by atoms with Gasteiger partial charge in [0.25, 0.3) is 0 Å². The number of halogens is 2. The minimum absolute atomic E-state index is 0.196. The SMILES string of the molecule is Brc1ccc(C2=C[C@H](c3ccccc3)C[C@]3(c4ccc(Br)cc4)NCCN23)cc1. The Hall–Kier alpha value is -1.88. The normalized spacial score (nSPS) is 23.6. The van der Waals surface area contributed by atoms with Gasteiger partial charge in [0.15, 0.2) is 0 Å². The molecule has 0 amide bonds. The molecule has 29 heavy (non-hydrogen) atoms. The van der Waals surface area contributed by atoms with Crippen LogP contribution in [0.15, 0.2) is 93.9 Å². The van der Waals surface area contributed by atoms with Crippen LogP contribution in [-0.2, 0) is 5.66 Å². The van der Waals surface area contributed by atoms with E-state index in [1.54, 1.807) is 0 Å². The van der Waals surface area contributed by atoms with Gasteiger partial charge < -0.3 is 4.90 Å². The molecule has 3 aromatic carbocycles. The van der Waals surface area contributed by atoms with E-state index in [0.717, 1.165) is 28.5 Å². The second kappa shape index (κ2) is 7.75. The molecule has 0 bridgehead atoms. The Morgan fingerprint density at radius 1 is 0.828 bits per heavy atom. The fraction of sp³-hybridized carbons (Fsp3) is 0.200.